The Balaban J connectivity index is 2.13. The number of aryl methyl sites for hydroxylation is 2. The molecule has 0 bridgehead atoms. The van der Waals surface area contributed by atoms with Crippen molar-refractivity contribution in [3.05, 3.63) is 39.1 Å². The number of nitrogens with one attached hydrogen (secondary N) is 2. The van der Waals surface area contributed by atoms with Crippen LogP contribution in [0.2, 0.25) is 5.02 Å². The van der Waals surface area contributed by atoms with Gasteiger partial charge in [-0.3, -0.25) is 4.68 Å². The highest BCUT2D eigenvalue weighted by atomic mass is 79.9. The lowest BCUT2D eigenvalue weighted by atomic mass is 10.3. The van der Waals surface area contributed by atoms with E-state index in [9.17, 15) is 0 Å². The van der Waals surface area contributed by atoms with E-state index < -0.39 is 0 Å². The SMILES string of the molecule is Cc1nn(C)c(C)c1NC(=S)Nc1ccc(Br)cc1Cl. The summed E-state index contributed by atoms with van der Waals surface area (Å²) in [5, 5.41) is 11.7. The molecule has 0 saturated heterocycles. The Kier molecular flexibility index (Phi) is 4.67. The lowest BCUT2D eigenvalue weighted by Gasteiger charge is -2.12. The predicted molar refractivity (Wildman–Crippen MR) is 91.7 cm³/mol. The fourth-order valence-electron chi connectivity index (χ4n) is 1.81. The summed E-state index contributed by atoms with van der Waals surface area (Å²) >= 11 is 14.8. The maximum atomic E-state index is 6.15. The molecule has 0 spiro atoms. The summed E-state index contributed by atoms with van der Waals surface area (Å²) in [6, 6.07) is 5.58. The summed E-state index contributed by atoms with van der Waals surface area (Å²) in [4.78, 5) is 0. The summed E-state index contributed by atoms with van der Waals surface area (Å²) in [6.45, 7) is 3.92. The first-order valence-corrected chi connectivity index (χ1v) is 7.49. The third kappa shape index (κ3) is 3.31. The number of nitrogens with zero attached hydrogens (tertiary/aromatic N) is 2. The quantitative estimate of drug-likeness (QED) is 0.772. The van der Waals surface area contributed by atoms with Crippen molar-refractivity contribution in [2.45, 2.75) is 13.8 Å². The van der Waals surface area contributed by atoms with Crippen molar-refractivity contribution in [1.82, 2.24) is 9.78 Å². The van der Waals surface area contributed by atoms with Crippen LogP contribution in [0, 0.1) is 13.8 Å². The minimum Gasteiger partial charge on any atom is -0.331 e. The number of hydrogen-bond acceptors (Lipinski definition) is 2. The van der Waals surface area contributed by atoms with Crippen LogP contribution in [0.25, 0.3) is 0 Å². The summed E-state index contributed by atoms with van der Waals surface area (Å²) in [5.41, 5.74) is 3.59. The monoisotopic (exact) mass is 372 g/mol. The van der Waals surface area contributed by atoms with Crippen molar-refractivity contribution >= 4 is 56.2 Å². The van der Waals surface area contributed by atoms with E-state index in [4.69, 9.17) is 23.8 Å². The van der Waals surface area contributed by atoms with Crippen molar-refractivity contribution in [2.75, 3.05) is 10.6 Å². The van der Waals surface area contributed by atoms with Gasteiger partial charge in [-0.25, -0.2) is 0 Å². The first-order chi connectivity index (χ1) is 9.38. The van der Waals surface area contributed by atoms with Gasteiger partial charge in [-0.2, -0.15) is 5.10 Å². The number of halogens is 2. The summed E-state index contributed by atoms with van der Waals surface area (Å²) in [6.07, 6.45) is 0. The number of rotatable bonds is 2. The first-order valence-electron chi connectivity index (χ1n) is 5.91. The predicted octanol–water partition coefficient (Wildman–Crippen LogP) is 4.26. The largest absolute Gasteiger partial charge is 0.331 e. The molecule has 2 N–H and O–H groups in total. The average Bonchev–Trinajstić information content (AvgIpc) is 2.60. The molecule has 2 rings (SSSR count). The highest BCUT2D eigenvalue weighted by molar-refractivity contribution is 9.10. The normalized spacial score (nSPS) is 10.4. The third-order valence-corrected chi connectivity index (χ3v) is 3.94. The van der Waals surface area contributed by atoms with Gasteiger partial charge in [-0.15, -0.1) is 0 Å². The fraction of sp³-hybridized carbons (Fsp3) is 0.231. The maximum absolute atomic E-state index is 6.15. The molecule has 0 unspecified atom stereocenters. The second-order valence-corrected chi connectivity index (χ2v) is 6.10. The van der Waals surface area contributed by atoms with Gasteiger partial charge < -0.3 is 10.6 Å². The topological polar surface area (TPSA) is 41.9 Å². The molecule has 0 fully saturated rings. The van der Waals surface area contributed by atoms with Gasteiger partial charge >= 0.3 is 0 Å². The number of benzene rings is 1. The fourth-order valence-corrected chi connectivity index (χ4v) is 2.75. The van der Waals surface area contributed by atoms with Crippen LogP contribution in [0.5, 0.6) is 0 Å². The van der Waals surface area contributed by atoms with Crippen LogP contribution < -0.4 is 10.6 Å². The van der Waals surface area contributed by atoms with Crippen LogP contribution in [0.1, 0.15) is 11.4 Å². The van der Waals surface area contributed by atoms with Crippen molar-refractivity contribution in [1.29, 1.82) is 0 Å². The van der Waals surface area contributed by atoms with Crippen molar-refractivity contribution in [3.63, 3.8) is 0 Å². The van der Waals surface area contributed by atoms with Crippen LogP contribution in [0.15, 0.2) is 22.7 Å². The molecule has 0 amide bonds. The molecule has 0 aliphatic carbocycles. The number of aromatic nitrogens is 2. The second-order valence-electron chi connectivity index (χ2n) is 4.37. The van der Waals surface area contributed by atoms with Crippen LogP contribution >= 0.6 is 39.7 Å². The van der Waals surface area contributed by atoms with E-state index in [0.717, 1.165) is 27.2 Å². The van der Waals surface area contributed by atoms with Crippen LogP contribution in [0.4, 0.5) is 11.4 Å². The van der Waals surface area contributed by atoms with Gasteiger partial charge in [0.05, 0.1) is 27.8 Å². The Morgan fingerprint density at radius 2 is 2.05 bits per heavy atom. The van der Waals surface area contributed by atoms with E-state index in [1.807, 2.05) is 43.8 Å². The molecule has 2 aromatic rings. The molecular weight excluding hydrogens is 360 g/mol. The van der Waals surface area contributed by atoms with Crippen molar-refractivity contribution < 1.29 is 0 Å². The molecule has 0 aliphatic heterocycles. The molecular formula is C13H14BrClN4S. The Morgan fingerprint density at radius 3 is 2.60 bits per heavy atom. The van der Waals surface area contributed by atoms with E-state index in [2.05, 4.69) is 31.7 Å². The van der Waals surface area contributed by atoms with E-state index in [1.54, 1.807) is 0 Å². The van der Waals surface area contributed by atoms with Crippen LogP contribution in [0.3, 0.4) is 0 Å². The molecule has 0 radical (unpaired) electrons. The summed E-state index contributed by atoms with van der Waals surface area (Å²) in [7, 11) is 1.90. The molecule has 1 aromatic heterocycles. The minimum absolute atomic E-state index is 0.480. The molecule has 0 saturated carbocycles. The van der Waals surface area contributed by atoms with Crippen molar-refractivity contribution in [2.24, 2.45) is 7.05 Å². The van der Waals surface area contributed by atoms with Gasteiger partial charge in [0.2, 0.25) is 0 Å². The maximum Gasteiger partial charge on any atom is 0.175 e. The zero-order valence-electron chi connectivity index (χ0n) is 11.3. The van der Waals surface area contributed by atoms with Gasteiger partial charge in [0, 0.05) is 11.5 Å². The van der Waals surface area contributed by atoms with E-state index in [0.29, 0.717) is 10.1 Å². The smallest absolute Gasteiger partial charge is 0.175 e. The molecule has 20 heavy (non-hydrogen) atoms. The molecule has 0 atom stereocenters. The van der Waals surface area contributed by atoms with Gasteiger partial charge in [-0.1, -0.05) is 27.5 Å². The Hall–Kier alpha value is -1.11. The third-order valence-electron chi connectivity index (χ3n) is 2.93. The lowest BCUT2D eigenvalue weighted by Crippen LogP contribution is -2.20. The highest BCUT2D eigenvalue weighted by Crippen LogP contribution is 2.26. The minimum atomic E-state index is 0.480. The average molecular weight is 374 g/mol. The Bertz CT molecular complexity index is 669. The number of anilines is 2. The summed E-state index contributed by atoms with van der Waals surface area (Å²) in [5.74, 6) is 0. The van der Waals surface area contributed by atoms with Gasteiger partial charge in [-0.05, 0) is 44.3 Å². The van der Waals surface area contributed by atoms with E-state index in [1.165, 1.54) is 0 Å². The summed E-state index contributed by atoms with van der Waals surface area (Å²) < 4.78 is 2.73. The Morgan fingerprint density at radius 1 is 1.35 bits per heavy atom. The van der Waals surface area contributed by atoms with E-state index in [-0.39, 0.29) is 0 Å². The second kappa shape index (κ2) is 6.11. The number of thiocarbonyl (C=S) groups is 1. The zero-order valence-corrected chi connectivity index (χ0v) is 14.4. The van der Waals surface area contributed by atoms with Gasteiger partial charge in [0.15, 0.2) is 5.11 Å². The molecule has 1 heterocycles. The van der Waals surface area contributed by atoms with Crippen molar-refractivity contribution in [3.8, 4) is 0 Å². The number of hydrogen-bond donors (Lipinski definition) is 2. The first kappa shape index (κ1) is 15.3. The van der Waals surface area contributed by atoms with E-state index >= 15 is 0 Å². The molecule has 7 heteroatoms. The van der Waals surface area contributed by atoms with Gasteiger partial charge in [0.25, 0.3) is 0 Å². The Labute approximate surface area is 136 Å². The van der Waals surface area contributed by atoms with Crippen LogP contribution in [-0.4, -0.2) is 14.9 Å². The molecule has 4 nitrogen and oxygen atoms in total. The molecule has 0 aliphatic rings. The standard InChI is InChI=1S/C13H14BrClN4S/c1-7-12(8(2)19(3)18-7)17-13(20)16-11-5-4-9(14)6-10(11)15/h4-6H,1-3H3,(H2,16,17,20). The molecule has 1 aromatic carbocycles. The van der Waals surface area contributed by atoms with Gasteiger partial charge in [0.1, 0.15) is 0 Å². The molecule has 106 valence electrons. The lowest BCUT2D eigenvalue weighted by molar-refractivity contribution is 0.731. The van der Waals surface area contributed by atoms with Crippen LogP contribution in [-0.2, 0) is 7.05 Å². The highest BCUT2D eigenvalue weighted by Gasteiger charge is 2.11. The zero-order chi connectivity index (χ0) is 14.9.